The van der Waals surface area contributed by atoms with E-state index < -0.39 is 5.97 Å². The van der Waals surface area contributed by atoms with Gasteiger partial charge in [-0.05, 0) is 56.7 Å². The molecule has 29 heavy (non-hydrogen) atoms. The Morgan fingerprint density at radius 3 is 2.45 bits per heavy atom. The highest BCUT2D eigenvalue weighted by Crippen LogP contribution is 2.26. The second kappa shape index (κ2) is 10.7. The SMILES string of the molecule is CCOc1ccc(C(C)=O)cc1CSCC(=O)Nc1cc(C(=O)OC)ccc1C. The van der Waals surface area contributed by atoms with Crippen molar-refractivity contribution in [2.45, 2.75) is 26.5 Å². The summed E-state index contributed by atoms with van der Waals surface area (Å²) in [5.74, 6) is 0.817. The van der Waals surface area contributed by atoms with Crippen molar-refractivity contribution in [1.29, 1.82) is 0 Å². The number of amides is 1. The van der Waals surface area contributed by atoms with Crippen molar-refractivity contribution in [2.75, 3.05) is 24.8 Å². The van der Waals surface area contributed by atoms with Crippen LogP contribution in [-0.4, -0.2) is 37.1 Å². The summed E-state index contributed by atoms with van der Waals surface area (Å²) >= 11 is 1.42. The number of Topliss-reactive ketones (excluding diaryl/α,β-unsaturated/α-hetero) is 1. The smallest absolute Gasteiger partial charge is 0.337 e. The van der Waals surface area contributed by atoms with Crippen molar-refractivity contribution in [1.82, 2.24) is 0 Å². The molecular weight excluding hydrogens is 390 g/mol. The lowest BCUT2D eigenvalue weighted by Gasteiger charge is -2.12. The Morgan fingerprint density at radius 2 is 1.79 bits per heavy atom. The van der Waals surface area contributed by atoms with Crippen molar-refractivity contribution in [3.8, 4) is 5.75 Å². The molecule has 0 bridgehead atoms. The van der Waals surface area contributed by atoms with Gasteiger partial charge in [0.25, 0.3) is 0 Å². The van der Waals surface area contributed by atoms with E-state index in [1.807, 2.05) is 19.9 Å². The number of methoxy groups -OCH3 is 1. The lowest BCUT2D eigenvalue weighted by molar-refractivity contribution is -0.113. The molecule has 0 atom stereocenters. The summed E-state index contributed by atoms with van der Waals surface area (Å²) in [5.41, 5.74) is 3.30. The molecule has 2 aromatic rings. The highest BCUT2D eigenvalue weighted by molar-refractivity contribution is 7.99. The van der Waals surface area contributed by atoms with E-state index in [1.54, 1.807) is 30.3 Å². The van der Waals surface area contributed by atoms with E-state index in [9.17, 15) is 14.4 Å². The van der Waals surface area contributed by atoms with Crippen LogP contribution in [0.5, 0.6) is 5.75 Å². The quantitative estimate of drug-likeness (QED) is 0.487. The van der Waals surface area contributed by atoms with Gasteiger partial charge in [0.2, 0.25) is 5.91 Å². The van der Waals surface area contributed by atoms with Crippen molar-refractivity contribution >= 4 is 35.1 Å². The van der Waals surface area contributed by atoms with Crippen LogP contribution < -0.4 is 10.1 Å². The summed E-state index contributed by atoms with van der Waals surface area (Å²) in [6.07, 6.45) is 0. The molecule has 1 N–H and O–H groups in total. The number of esters is 1. The summed E-state index contributed by atoms with van der Waals surface area (Å²) in [6.45, 7) is 5.79. The predicted molar refractivity (Wildman–Crippen MR) is 115 cm³/mol. The maximum Gasteiger partial charge on any atom is 0.337 e. The Balaban J connectivity index is 2.01. The summed E-state index contributed by atoms with van der Waals surface area (Å²) in [7, 11) is 1.31. The van der Waals surface area contributed by atoms with Crippen molar-refractivity contribution in [3.63, 3.8) is 0 Å². The van der Waals surface area contributed by atoms with Gasteiger partial charge < -0.3 is 14.8 Å². The van der Waals surface area contributed by atoms with Crippen LogP contribution in [0.3, 0.4) is 0 Å². The normalized spacial score (nSPS) is 10.3. The summed E-state index contributed by atoms with van der Waals surface area (Å²) < 4.78 is 10.3. The third-order valence-electron chi connectivity index (χ3n) is 4.19. The third-order valence-corrected chi connectivity index (χ3v) is 5.17. The molecule has 154 valence electrons. The van der Waals surface area contributed by atoms with Crippen LogP contribution in [0.4, 0.5) is 5.69 Å². The maximum absolute atomic E-state index is 12.4. The maximum atomic E-state index is 12.4. The molecule has 0 saturated carbocycles. The van der Waals surface area contributed by atoms with E-state index in [4.69, 9.17) is 9.47 Å². The largest absolute Gasteiger partial charge is 0.494 e. The second-order valence-corrected chi connectivity index (χ2v) is 7.36. The monoisotopic (exact) mass is 415 g/mol. The Hall–Kier alpha value is -2.80. The van der Waals surface area contributed by atoms with E-state index >= 15 is 0 Å². The third kappa shape index (κ3) is 6.35. The number of benzene rings is 2. The fraction of sp³-hybridized carbons (Fsp3) is 0.318. The number of anilines is 1. The summed E-state index contributed by atoms with van der Waals surface area (Å²) in [4.78, 5) is 35.7. The first-order chi connectivity index (χ1) is 13.8. The summed E-state index contributed by atoms with van der Waals surface area (Å²) in [6, 6.07) is 10.4. The van der Waals surface area contributed by atoms with E-state index in [2.05, 4.69) is 5.32 Å². The topological polar surface area (TPSA) is 81.7 Å². The minimum Gasteiger partial charge on any atom is -0.494 e. The zero-order valence-corrected chi connectivity index (χ0v) is 17.9. The number of nitrogens with one attached hydrogen (secondary N) is 1. The van der Waals surface area contributed by atoms with Crippen LogP contribution in [0.2, 0.25) is 0 Å². The van der Waals surface area contributed by atoms with E-state index in [-0.39, 0.29) is 17.4 Å². The Bertz CT molecular complexity index is 910. The number of carbonyl (C=O) groups excluding carboxylic acids is 3. The van der Waals surface area contributed by atoms with Crippen LogP contribution in [0.1, 0.15) is 45.7 Å². The van der Waals surface area contributed by atoms with Crippen molar-refractivity contribution in [2.24, 2.45) is 0 Å². The molecule has 0 aliphatic heterocycles. The molecule has 0 aromatic heterocycles. The Labute approximate surface area is 175 Å². The number of thioether (sulfide) groups is 1. The van der Waals surface area contributed by atoms with Gasteiger partial charge in [0.05, 0.1) is 25.0 Å². The molecule has 0 aliphatic rings. The molecule has 0 spiro atoms. The van der Waals surface area contributed by atoms with E-state index in [0.717, 1.165) is 11.1 Å². The van der Waals surface area contributed by atoms with Crippen LogP contribution >= 0.6 is 11.8 Å². The molecule has 2 rings (SSSR count). The lowest BCUT2D eigenvalue weighted by Crippen LogP contribution is -2.16. The average Bonchev–Trinajstić information content (AvgIpc) is 2.70. The molecule has 2 aromatic carbocycles. The first-order valence-electron chi connectivity index (χ1n) is 9.19. The minimum absolute atomic E-state index is 0.0157. The van der Waals surface area contributed by atoms with Gasteiger partial charge in [-0.25, -0.2) is 4.79 Å². The molecule has 1 amide bonds. The van der Waals surface area contributed by atoms with E-state index in [0.29, 0.717) is 34.9 Å². The lowest BCUT2D eigenvalue weighted by atomic mass is 10.1. The number of carbonyl (C=O) groups is 3. The Kier molecular flexibility index (Phi) is 8.27. The van der Waals surface area contributed by atoms with Gasteiger partial charge in [-0.1, -0.05) is 6.07 Å². The number of ketones is 1. The highest BCUT2D eigenvalue weighted by Gasteiger charge is 2.12. The number of rotatable bonds is 9. The highest BCUT2D eigenvalue weighted by atomic mass is 32.2. The molecule has 7 heteroatoms. The first kappa shape index (κ1) is 22.5. The first-order valence-corrected chi connectivity index (χ1v) is 10.3. The van der Waals surface area contributed by atoms with Gasteiger partial charge in [-0.15, -0.1) is 11.8 Å². The fourth-order valence-electron chi connectivity index (χ4n) is 2.65. The fourth-order valence-corrected chi connectivity index (χ4v) is 3.45. The molecule has 0 radical (unpaired) electrons. The second-order valence-electron chi connectivity index (χ2n) is 6.37. The zero-order chi connectivity index (χ0) is 21.4. The van der Waals surface area contributed by atoms with Crippen LogP contribution in [0.25, 0.3) is 0 Å². The zero-order valence-electron chi connectivity index (χ0n) is 17.0. The van der Waals surface area contributed by atoms with Crippen molar-refractivity contribution < 1.29 is 23.9 Å². The van der Waals surface area contributed by atoms with Gasteiger partial charge in [0, 0.05) is 22.6 Å². The molecule has 0 fully saturated rings. The van der Waals surface area contributed by atoms with Crippen molar-refractivity contribution in [3.05, 3.63) is 58.7 Å². The molecule has 0 heterocycles. The minimum atomic E-state index is -0.455. The average molecular weight is 416 g/mol. The van der Waals surface area contributed by atoms with Crippen LogP contribution in [0, 0.1) is 6.92 Å². The number of aryl methyl sites for hydroxylation is 1. The number of hydrogen-bond acceptors (Lipinski definition) is 6. The van der Waals surface area contributed by atoms with Gasteiger partial charge in [0.15, 0.2) is 5.78 Å². The molecule has 0 aliphatic carbocycles. The van der Waals surface area contributed by atoms with Crippen LogP contribution in [0.15, 0.2) is 36.4 Å². The predicted octanol–water partition coefficient (Wildman–Crippen LogP) is 4.25. The number of hydrogen-bond donors (Lipinski definition) is 1. The van der Waals surface area contributed by atoms with Crippen LogP contribution in [-0.2, 0) is 15.3 Å². The van der Waals surface area contributed by atoms with Gasteiger partial charge in [-0.3, -0.25) is 9.59 Å². The molecule has 0 unspecified atom stereocenters. The van der Waals surface area contributed by atoms with Gasteiger partial charge in [0.1, 0.15) is 5.75 Å². The Morgan fingerprint density at radius 1 is 1.07 bits per heavy atom. The van der Waals surface area contributed by atoms with E-state index in [1.165, 1.54) is 25.8 Å². The number of ether oxygens (including phenoxy) is 2. The van der Waals surface area contributed by atoms with Gasteiger partial charge >= 0.3 is 5.97 Å². The van der Waals surface area contributed by atoms with Gasteiger partial charge in [-0.2, -0.15) is 0 Å². The summed E-state index contributed by atoms with van der Waals surface area (Å²) in [5, 5.41) is 2.83. The standard InChI is InChI=1S/C22H25NO5S/c1-5-28-20-9-8-16(15(3)24)10-18(20)12-29-13-21(25)23-19-11-17(22(26)27-4)7-6-14(19)2/h6-11H,5,12-13H2,1-4H3,(H,23,25). The molecule has 0 saturated heterocycles. The molecular formula is C22H25NO5S. The molecule has 6 nitrogen and oxygen atoms in total.